The molecule has 0 bridgehead atoms. The first kappa shape index (κ1) is 96.0. The molecule has 8 heteroatoms. The highest BCUT2D eigenvalue weighted by molar-refractivity contribution is 4.85. The molecule has 2 atom stereocenters. The molecule has 0 aromatic heterocycles. The molecule has 0 aromatic carbocycles. The lowest BCUT2D eigenvalue weighted by atomic mass is 9.76. The van der Waals surface area contributed by atoms with Crippen LogP contribution >= 0.6 is 0 Å². The first-order valence-electron chi connectivity index (χ1n) is 32.7. The van der Waals surface area contributed by atoms with E-state index in [2.05, 4.69) is 285 Å². The zero-order valence-corrected chi connectivity index (χ0v) is 61.8. The maximum absolute atomic E-state index is 5.23. The van der Waals surface area contributed by atoms with Gasteiger partial charge in [-0.25, -0.2) is 0 Å². The minimum Gasteiger partial charge on any atom is -0.376 e. The van der Waals surface area contributed by atoms with Crippen LogP contribution in [-0.2, 0) is 4.74 Å². The number of hydrogen-bond acceptors (Lipinski definition) is 8. The molecule has 0 radical (unpaired) electrons. The Balaban J connectivity index is -0.000000123. The summed E-state index contributed by atoms with van der Waals surface area (Å²) in [6, 6.07) is 0.762. The van der Waals surface area contributed by atoms with Crippen LogP contribution in [0.1, 0.15) is 316 Å². The van der Waals surface area contributed by atoms with E-state index >= 15 is 0 Å². The van der Waals surface area contributed by atoms with Crippen molar-refractivity contribution in [3.63, 3.8) is 0 Å². The molecule has 496 valence electrons. The van der Waals surface area contributed by atoms with Gasteiger partial charge in [0.15, 0.2) is 0 Å². The van der Waals surface area contributed by atoms with E-state index in [-0.39, 0.29) is 20.5 Å². The van der Waals surface area contributed by atoms with Crippen LogP contribution in [0.25, 0.3) is 0 Å². The summed E-state index contributed by atoms with van der Waals surface area (Å²) in [4.78, 5) is 10.3. The smallest absolute Gasteiger partial charge is 0.0598 e. The standard InChI is InChI=1S/2C11H24N2.C9H20.C8H17N.C7H16.2C6H15N.C6H14O.C6H14.2CH4/c2*1-5-6-12-7-9-13(10-8-12)11(2,3)4;1-7(2)8(3)9(4,5)6;1-8(2,3)7-5-4-6-9-7;1-5-6-7(2,3)4;3*1-5-7-6(2,3)4;1-5-6(2,3)4;;/h2*5-10H2,1-4H3;7-8H,1-6H3;7,9H,4-6H2,1-3H3;5-6H2,1-4H3;2*7H,5H2,1-4H3;5H2,1-4H3;5H2,1-4H3;2*1H4. The van der Waals surface area contributed by atoms with Crippen molar-refractivity contribution >= 4 is 0 Å². The van der Waals surface area contributed by atoms with Crippen molar-refractivity contribution in [3.8, 4) is 0 Å². The lowest BCUT2D eigenvalue weighted by Gasteiger charge is -2.42. The van der Waals surface area contributed by atoms with E-state index in [9.17, 15) is 0 Å². The predicted molar refractivity (Wildman–Crippen MR) is 376 cm³/mol. The van der Waals surface area contributed by atoms with Crippen LogP contribution in [0.2, 0.25) is 0 Å². The van der Waals surface area contributed by atoms with E-state index in [1.54, 1.807) is 0 Å². The molecule has 3 N–H and O–H groups in total. The Morgan fingerprint density at radius 2 is 0.800 bits per heavy atom. The highest BCUT2D eigenvalue weighted by Gasteiger charge is 2.28. The SMILES string of the molecule is C.C.CC(C)(C)C1CCCN1.CC(C)C(C)C(C)(C)C.CCC(C)(C)C.CCCC(C)(C)C.CCCN1CCN(C(C)(C)C)CC1.CCCN1CCN(C(C)(C)C)CC1.CCNC(C)(C)C.CCNC(C)(C)C.CCOC(C)(C)C. The summed E-state index contributed by atoms with van der Waals surface area (Å²) >= 11 is 0. The quantitative estimate of drug-likeness (QED) is 0.211. The van der Waals surface area contributed by atoms with Crippen LogP contribution in [-0.4, -0.2) is 145 Å². The van der Waals surface area contributed by atoms with Gasteiger partial charge in [-0.1, -0.05) is 173 Å². The monoisotopic (exact) mass is 1150 g/mol. The predicted octanol–water partition coefficient (Wildman–Crippen LogP) is 19.9. The fourth-order valence-corrected chi connectivity index (χ4v) is 8.58. The van der Waals surface area contributed by atoms with E-state index in [0.717, 1.165) is 37.6 Å². The zero-order valence-electron chi connectivity index (χ0n) is 61.8. The Kier molecular flexibility index (Phi) is 57.3. The van der Waals surface area contributed by atoms with Crippen LogP contribution in [0.3, 0.4) is 0 Å². The molecule has 3 aliphatic rings. The molecule has 8 nitrogen and oxygen atoms in total. The zero-order chi connectivity index (χ0) is 63.2. The van der Waals surface area contributed by atoms with Gasteiger partial charge in [0.2, 0.25) is 0 Å². The van der Waals surface area contributed by atoms with Gasteiger partial charge in [-0.15, -0.1) is 0 Å². The molecule has 2 unspecified atom stereocenters. The Morgan fingerprint density at radius 3 is 0.887 bits per heavy atom. The fraction of sp³-hybridized carbons (Fsp3) is 1.00. The molecule has 0 saturated carbocycles. The molecule has 3 heterocycles. The average molecular weight is 1150 g/mol. The molecule has 0 amide bonds. The first-order chi connectivity index (χ1) is 34.8. The van der Waals surface area contributed by atoms with Gasteiger partial charge in [-0.05, 0) is 209 Å². The van der Waals surface area contributed by atoms with Crippen LogP contribution in [0.15, 0.2) is 0 Å². The third kappa shape index (κ3) is 71.9. The second kappa shape index (κ2) is 47.8. The minimum atomic E-state index is 0. The van der Waals surface area contributed by atoms with Crippen LogP contribution < -0.4 is 16.0 Å². The highest BCUT2D eigenvalue weighted by atomic mass is 16.5. The fourth-order valence-electron chi connectivity index (χ4n) is 8.58. The van der Waals surface area contributed by atoms with E-state index in [1.165, 1.54) is 117 Å². The van der Waals surface area contributed by atoms with Crippen molar-refractivity contribution in [2.24, 2.45) is 33.5 Å². The number of rotatable bonds is 9. The number of hydrogen-bond donors (Lipinski definition) is 3. The van der Waals surface area contributed by atoms with Gasteiger partial charge in [-0.3, -0.25) is 9.80 Å². The summed E-state index contributed by atoms with van der Waals surface area (Å²) in [5, 5.41) is 10.1. The summed E-state index contributed by atoms with van der Waals surface area (Å²) in [6.07, 6.45) is 9.22. The van der Waals surface area contributed by atoms with E-state index in [1.807, 2.05) is 6.92 Å². The van der Waals surface area contributed by atoms with Crippen molar-refractivity contribution in [3.05, 3.63) is 0 Å². The number of nitrogens with zero attached hydrogens (tertiary/aromatic N) is 4. The normalized spacial score (nSPS) is 17.4. The maximum atomic E-state index is 5.23. The molecule has 0 aromatic rings. The third-order valence-electron chi connectivity index (χ3n) is 14.2. The molecular formula is C72H167N7O. The van der Waals surface area contributed by atoms with Crippen molar-refractivity contribution in [2.75, 3.05) is 91.7 Å². The Labute approximate surface area is 512 Å². The van der Waals surface area contributed by atoms with Crippen LogP contribution in [0.4, 0.5) is 0 Å². The minimum absolute atomic E-state index is 0. The number of piperazine rings is 2. The number of ether oxygens (including phenoxy) is 1. The summed E-state index contributed by atoms with van der Waals surface area (Å²) in [6.45, 7) is 99.1. The van der Waals surface area contributed by atoms with E-state index < -0.39 is 0 Å². The van der Waals surface area contributed by atoms with E-state index in [0.29, 0.717) is 43.8 Å². The summed E-state index contributed by atoms with van der Waals surface area (Å²) in [5.74, 6) is 1.63. The lowest BCUT2D eigenvalue weighted by molar-refractivity contribution is 0.00531. The largest absolute Gasteiger partial charge is 0.376 e. The molecular weight excluding hydrogens is 979 g/mol. The molecule has 80 heavy (non-hydrogen) atoms. The van der Waals surface area contributed by atoms with E-state index in [4.69, 9.17) is 4.74 Å². The Hall–Kier alpha value is -0.320. The third-order valence-corrected chi connectivity index (χ3v) is 14.2. The first-order valence-corrected chi connectivity index (χ1v) is 32.7. The molecule has 3 fully saturated rings. The Bertz CT molecular complexity index is 1150. The van der Waals surface area contributed by atoms with Gasteiger partial charge in [0, 0.05) is 87.2 Å². The maximum Gasteiger partial charge on any atom is 0.0598 e. The second-order valence-corrected chi connectivity index (χ2v) is 32.7. The van der Waals surface area contributed by atoms with Gasteiger partial charge in [0.05, 0.1) is 5.60 Å². The molecule has 3 rings (SSSR count). The van der Waals surface area contributed by atoms with Crippen molar-refractivity contribution in [2.45, 2.75) is 350 Å². The molecule has 3 aliphatic heterocycles. The second-order valence-electron chi connectivity index (χ2n) is 32.7. The van der Waals surface area contributed by atoms with Gasteiger partial charge in [0.1, 0.15) is 0 Å². The van der Waals surface area contributed by atoms with Crippen LogP contribution in [0.5, 0.6) is 0 Å². The summed E-state index contributed by atoms with van der Waals surface area (Å²) in [5.41, 5.74) is 3.41. The average Bonchev–Trinajstić information content (AvgIpc) is 3.80. The molecule has 0 aliphatic carbocycles. The van der Waals surface area contributed by atoms with Gasteiger partial charge < -0.3 is 30.5 Å². The van der Waals surface area contributed by atoms with Gasteiger partial charge in [0.25, 0.3) is 0 Å². The van der Waals surface area contributed by atoms with Crippen molar-refractivity contribution < 1.29 is 4.74 Å². The van der Waals surface area contributed by atoms with Gasteiger partial charge >= 0.3 is 0 Å². The summed E-state index contributed by atoms with van der Waals surface area (Å²) < 4.78 is 5.23. The Morgan fingerprint density at radius 1 is 0.475 bits per heavy atom. The van der Waals surface area contributed by atoms with Crippen LogP contribution in [0, 0.1) is 33.5 Å². The van der Waals surface area contributed by atoms with Gasteiger partial charge in [-0.2, -0.15) is 0 Å². The lowest BCUT2D eigenvalue weighted by Crippen LogP contribution is -2.53. The van der Waals surface area contributed by atoms with Crippen molar-refractivity contribution in [1.29, 1.82) is 0 Å². The van der Waals surface area contributed by atoms with Crippen molar-refractivity contribution in [1.82, 2.24) is 35.6 Å². The summed E-state index contributed by atoms with van der Waals surface area (Å²) in [7, 11) is 0. The highest BCUT2D eigenvalue weighted by Crippen LogP contribution is 2.31. The number of nitrogens with one attached hydrogen (secondary N) is 3. The topological polar surface area (TPSA) is 58.3 Å². The molecule has 0 spiro atoms. The molecule has 3 saturated heterocycles.